The summed E-state index contributed by atoms with van der Waals surface area (Å²) in [6.07, 6.45) is 0.780. The number of rotatable bonds is 8. The van der Waals surface area contributed by atoms with Crippen molar-refractivity contribution in [3.63, 3.8) is 0 Å². The van der Waals surface area contributed by atoms with Gasteiger partial charge in [0.2, 0.25) is 5.91 Å². The minimum absolute atomic E-state index is 0.437. The van der Waals surface area contributed by atoms with Gasteiger partial charge in [0.25, 0.3) is 0 Å². The summed E-state index contributed by atoms with van der Waals surface area (Å²) in [5.74, 6) is 0.232. The van der Waals surface area contributed by atoms with Gasteiger partial charge in [-0.1, -0.05) is 54.6 Å². The van der Waals surface area contributed by atoms with Crippen LogP contribution < -0.4 is 15.8 Å². The molecule has 1 atom stereocenters. The normalized spacial score (nSPS) is 12.8. The maximum Gasteiger partial charge on any atom is 0.246 e. The van der Waals surface area contributed by atoms with Gasteiger partial charge in [0.15, 0.2) is 0 Å². The predicted octanol–water partition coefficient (Wildman–Crippen LogP) is 4.39. The van der Waals surface area contributed by atoms with Gasteiger partial charge in [-0.15, -0.1) is 0 Å². The quantitative estimate of drug-likeness (QED) is 0.457. The molecular formula is C24H25BrN2O3. The van der Waals surface area contributed by atoms with Crippen molar-refractivity contribution in [3.05, 3.63) is 82.8 Å². The molecule has 0 saturated heterocycles. The summed E-state index contributed by atoms with van der Waals surface area (Å²) in [4.78, 5) is 12.1. The van der Waals surface area contributed by atoms with E-state index < -0.39 is 18.1 Å². The Morgan fingerprint density at radius 3 is 2.37 bits per heavy atom. The topological polar surface area (TPSA) is 84.6 Å². The first-order valence-corrected chi connectivity index (χ1v) is 10.5. The highest BCUT2D eigenvalue weighted by atomic mass is 79.9. The lowest BCUT2D eigenvalue weighted by Crippen LogP contribution is -2.51. The molecule has 0 fully saturated rings. The molecule has 3 rings (SSSR count). The molecule has 0 aliphatic carbocycles. The van der Waals surface area contributed by atoms with Gasteiger partial charge in [-0.2, -0.15) is 0 Å². The summed E-state index contributed by atoms with van der Waals surface area (Å²) in [6.45, 7) is 1.56. The van der Waals surface area contributed by atoms with Gasteiger partial charge in [-0.3, -0.25) is 4.79 Å². The molecule has 0 aliphatic rings. The number of nitrogens with one attached hydrogen (secondary N) is 1. The van der Waals surface area contributed by atoms with Crippen LogP contribution >= 0.6 is 15.9 Å². The molecule has 3 aromatic rings. The van der Waals surface area contributed by atoms with Gasteiger partial charge in [0.1, 0.15) is 11.3 Å². The molecule has 0 saturated carbocycles. The van der Waals surface area contributed by atoms with Crippen molar-refractivity contribution in [1.82, 2.24) is 0 Å². The summed E-state index contributed by atoms with van der Waals surface area (Å²) in [7, 11) is 0. The second-order valence-electron chi connectivity index (χ2n) is 7.34. The van der Waals surface area contributed by atoms with E-state index in [0.717, 1.165) is 10.9 Å². The lowest BCUT2D eigenvalue weighted by Gasteiger charge is -2.20. The lowest BCUT2D eigenvalue weighted by molar-refractivity contribution is -0.121. The highest BCUT2D eigenvalue weighted by Gasteiger charge is 2.27. The molecule has 0 aliphatic heterocycles. The van der Waals surface area contributed by atoms with E-state index >= 15 is 0 Å². The molecule has 30 heavy (non-hydrogen) atoms. The third kappa shape index (κ3) is 5.69. The van der Waals surface area contributed by atoms with Gasteiger partial charge < -0.3 is 20.9 Å². The second-order valence-corrected chi connectivity index (χ2v) is 8.19. The first kappa shape index (κ1) is 22.0. The zero-order chi connectivity index (χ0) is 21.6. The van der Waals surface area contributed by atoms with Gasteiger partial charge in [0.05, 0.1) is 17.7 Å². The number of nitrogens with two attached hydrogens (primary N) is 1. The highest BCUT2D eigenvalue weighted by Crippen LogP contribution is 2.28. The largest absolute Gasteiger partial charge is 0.492 e. The van der Waals surface area contributed by atoms with E-state index in [9.17, 15) is 9.90 Å². The molecule has 0 spiro atoms. The van der Waals surface area contributed by atoms with Crippen LogP contribution in [0.25, 0.3) is 11.1 Å². The van der Waals surface area contributed by atoms with Gasteiger partial charge in [-0.25, -0.2) is 0 Å². The summed E-state index contributed by atoms with van der Waals surface area (Å²) in [5, 5.41) is 11.9. The second kappa shape index (κ2) is 9.89. The van der Waals surface area contributed by atoms with E-state index in [1.807, 2.05) is 18.2 Å². The first-order chi connectivity index (χ1) is 14.4. The third-order valence-corrected chi connectivity index (χ3v) is 5.37. The number of aliphatic hydroxyl groups excluding tert-OH is 1. The van der Waals surface area contributed by atoms with Crippen molar-refractivity contribution in [3.8, 4) is 16.9 Å². The number of amides is 1. The number of benzene rings is 3. The molecule has 4 N–H and O–H groups in total. The number of anilines is 1. The van der Waals surface area contributed by atoms with Crippen molar-refractivity contribution in [1.29, 1.82) is 0 Å². The summed E-state index contributed by atoms with van der Waals surface area (Å²) in [5.41, 5.74) is 8.56. The van der Waals surface area contributed by atoms with Crippen molar-refractivity contribution in [2.45, 2.75) is 18.9 Å². The fourth-order valence-corrected chi connectivity index (χ4v) is 3.31. The Morgan fingerprint density at radius 2 is 1.73 bits per heavy atom. The number of halogens is 1. The van der Waals surface area contributed by atoms with E-state index in [4.69, 9.17) is 10.5 Å². The monoisotopic (exact) mass is 468 g/mol. The molecule has 1 amide bonds. The Bertz CT molecular complexity index is 989. The standard InChI is InChI=1S/C24H25BrN2O3/c1-24(26,16-28)23(29)27-20-11-12-22(21(25)15-20)30-14-13-17-7-9-19(10-8-17)18-5-3-2-4-6-18/h2-12,15,28H,13-14,16,26H2,1H3,(H,27,29). The Morgan fingerprint density at radius 1 is 1.07 bits per heavy atom. The average molecular weight is 469 g/mol. The summed E-state index contributed by atoms with van der Waals surface area (Å²) < 4.78 is 6.60. The SMILES string of the molecule is CC(N)(CO)C(=O)Nc1ccc(OCCc2ccc(-c3ccccc3)cc2)c(Br)c1. The average Bonchev–Trinajstić information content (AvgIpc) is 2.76. The van der Waals surface area contributed by atoms with Crippen LogP contribution in [0.4, 0.5) is 5.69 Å². The molecule has 0 heterocycles. The van der Waals surface area contributed by atoms with Crippen molar-refractivity contribution in [2.75, 3.05) is 18.5 Å². The number of carbonyl (C=O) groups is 1. The Kier molecular flexibility index (Phi) is 7.26. The van der Waals surface area contributed by atoms with Crippen LogP contribution in [0.3, 0.4) is 0 Å². The predicted molar refractivity (Wildman–Crippen MR) is 124 cm³/mol. The smallest absolute Gasteiger partial charge is 0.246 e. The van der Waals surface area contributed by atoms with Crippen LogP contribution in [0.2, 0.25) is 0 Å². The van der Waals surface area contributed by atoms with Gasteiger partial charge in [-0.05, 0) is 57.7 Å². The van der Waals surface area contributed by atoms with Crippen LogP contribution in [0, 0.1) is 0 Å². The fraction of sp³-hybridized carbons (Fsp3) is 0.208. The molecular weight excluding hydrogens is 444 g/mol. The van der Waals surface area contributed by atoms with Crippen LogP contribution in [-0.4, -0.2) is 29.8 Å². The number of hydrogen-bond donors (Lipinski definition) is 3. The highest BCUT2D eigenvalue weighted by molar-refractivity contribution is 9.10. The molecule has 0 bridgehead atoms. The van der Waals surface area contributed by atoms with Crippen LogP contribution in [0.1, 0.15) is 12.5 Å². The van der Waals surface area contributed by atoms with E-state index in [-0.39, 0.29) is 0 Å². The molecule has 1 unspecified atom stereocenters. The lowest BCUT2D eigenvalue weighted by atomic mass is 10.0. The van der Waals surface area contributed by atoms with E-state index in [0.29, 0.717) is 18.0 Å². The number of aliphatic hydroxyl groups is 1. The zero-order valence-corrected chi connectivity index (χ0v) is 18.4. The van der Waals surface area contributed by atoms with E-state index in [1.54, 1.807) is 18.2 Å². The molecule has 156 valence electrons. The Balaban J connectivity index is 1.54. The number of carbonyl (C=O) groups excluding carboxylic acids is 1. The minimum Gasteiger partial charge on any atom is -0.492 e. The fourth-order valence-electron chi connectivity index (χ4n) is 2.81. The summed E-state index contributed by atoms with van der Waals surface area (Å²) in [6, 6.07) is 24.0. The van der Waals surface area contributed by atoms with Crippen molar-refractivity contribution in [2.24, 2.45) is 5.73 Å². The number of hydrogen-bond acceptors (Lipinski definition) is 4. The summed E-state index contributed by atoms with van der Waals surface area (Å²) >= 11 is 3.47. The number of ether oxygens (including phenoxy) is 1. The van der Waals surface area contributed by atoms with Crippen LogP contribution in [-0.2, 0) is 11.2 Å². The van der Waals surface area contributed by atoms with Gasteiger partial charge in [0, 0.05) is 12.1 Å². The zero-order valence-electron chi connectivity index (χ0n) is 16.8. The first-order valence-electron chi connectivity index (χ1n) is 9.67. The van der Waals surface area contributed by atoms with E-state index in [2.05, 4.69) is 57.6 Å². The van der Waals surface area contributed by atoms with Crippen molar-refractivity contribution >= 4 is 27.5 Å². The van der Waals surface area contributed by atoms with Crippen LogP contribution in [0.5, 0.6) is 5.75 Å². The molecule has 0 aromatic heterocycles. The molecule has 6 heteroatoms. The van der Waals surface area contributed by atoms with Crippen molar-refractivity contribution < 1.29 is 14.6 Å². The van der Waals surface area contributed by atoms with E-state index in [1.165, 1.54) is 23.6 Å². The minimum atomic E-state index is -1.34. The Labute approximate surface area is 185 Å². The molecule has 0 radical (unpaired) electrons. The van der Waals surface area contributed by atoms with Gasteiger partial charge >= 0.3 is 0 Å². The molecule has 3 aromatic carbocycles. The Hall–Kier alpha value is -2.67. The maximum absolute atomic E-state index is 12.1. The van der Waals surface area contributed by atoms with Crippen LogP contribution in [0.15, 0.2) is 77.3 Å². The maximum atomic E-state index is 12.1. The third-order valence-electron chi connectivity index (χ3n) is 4.75. The molecule has 5 nitrogen and oxygen atoms in total.